The maximum Gasteiger partial charge on any atom is 0.244 e. The quantitative estimate of drug-likeness (QED) is 0.415. The zero-order valence-electron chi connectivity index (χ0n) is 18.1. The molecule has 6 nitrogen and oxygen atoms in total. The Bertz CT molecular complexity index is 1200. The number of pyridine rings is 1. The van der Waals surface area contributed by atoms with Gasteiger partial charge in [0.1, 0.15) is 11.0 Å². The van der Waals surface area contributed by atoms with Crippen LogP contribution in [0.4, 0.5) is 0 Å². The van der Waals surface area contributed by atoms with Gasteiger partial charge >= 0.3 is 0 Å². The second-order valence-corrected chi connectivity index (χ2v) is 9.81. The first-order chi connectivity index (χ1) is 15.9. The van der Waals surface area contributed by atoms with Crippen molar-refractivity contribution in [1.29, 1.82) is 0 Å². The third kappa shape index (κ3) is 6.66. The number of aromatic nitrogens is 1. The maximum absolute atomic E-state index is 13.3. The number of hydrogen-bond donors (Lipinski definition) is 1. The molecule has 0 fully saturated rings. The van der Waals surface area contributed by atoms with Crippen molar-refractivity contribution in [1.82, 2.24) is 10.3 Å². The molecule has 1 amide bonds. The number of rotatable bonds is 10. The lowest BCUT2D eigenvalue weighted by atomic mass is 10.2. The van der Waals surface area contributed by atoms with Gasteiger partial charge in [-0.2, -0.15) is 0 Å². The molecule has 8 heteroatoms. The summed E-state index contributed by atoms with van der Waals surface area (Å²) in [6.45, 7) is 2.48. The minimum absolute atomic E-state index is 0.117. The maximum atomic E-state index is 13.3. The summed E-state index contributed by atoms with van der Waals surface area (Å²) in [6, 6.07) is 16.7. The number of carbonyl (C=O) groups is 1. The second kappa shape index (κ2) is 11.6. The van der Waals surface area contributed by atoms with Crippen molar-refractivity contribution >= 4 is 33.4 Å². The molecule has 0 saturated heterocycles. The highest BCUT2D eigenvalue weighted by Gasteiger charge is 2.29. The standard InChI is InChI=1S/C25H25ClN2O4S/c1-2-16-32-23-8-4-3-6-19(23)9-14-25(29)28-18-24(20-7-5-15-27-17-20)33(30,31)22-12-10-21(26)11-13-22/h3-15,17,24H,2,16,18H2,1H3,(H,28,29)/b14-9+. The van der Waals surface area contributed by atoms with Gasteiger partial charge in [-0.1, -0.05) is 42.8 Å². The Kier molecular flexibility index (Phi) is 8.63. The number of sulfone groups is 1. The van der Waals surface area contributed by atoms with Crippen molar-refractivity contribution in [3.63, 3.8) is 0 Å². The molecule has 0 spiro atoms. The molecule has 0 saturated carbocycles. The summed E-state index contributed by atoms with van der Waals surface area (Å²) in [6.07, 6.45) is 6.93. The highest BCUT2D eigenvalue weighted by Crippen LogP contribution is 2.29. The lowest BCUT2D eigenvalue weighted by Crippen LogP contribution is -2.31. The van der Waals surface area contributed by atoms with Crippen LogP contribution in [0.2, 0.25) is 5.02 Å². The third-order valence-corrected chi connectivity index (χ3v) is 7.20. The Labute approximate surface area is 199 Å². The molecule has 1 aromatic heterocycles. The third-order valence-electron chi connectivity index (χ3n) is 4.83. The molecule has 0 aliphatic carbocycles. The van der Waals surface area contributed by atoms with Gasteiger partial charge in [-0.05, 0) is 54.5 Å². The van der Waals surface area contributed by atoms with Gasteiger partial charge in [0.15, 0.2) is 9.84 Å². The summed E-state index contributed by atoms with van der Waals surface area (Å²) >= 11 is 5.91. The van der Waals surface area contributed by atoms with E-state index in [4.69, 9.17) is 16.3 Å². The molecule has 3 aromatic rings. The van der Waals surface area contributed by atoms with Crippen LogP contribution in [-0.4, -0.2) is 32.5 Å². The van der Waals surface area contributed by atoms with Gasteiger partial charge in [0.25, 0.3) is 0 Å². The van der Waals surface area contributed by atoms with Crippen LogP contribution in [0.3, 0.4) is 0 Å². The largest absolute Gasteiger partial charge is 0.493 e. The Hall–Kier alpha value is -3.16. The average Bonchev–Trinajstić information content (AvgIpc) is 2.83. The Morgan fingerprint density at radius 2 is 1.88 bits per heavy atom. The van der Waals surface area contributed by atoms with Gasteiger partial charge in [-0.3, -0.25) is 9.78 Å². The Balaban J connectivity index is 1.77. The van der Waals surface area contributed by atoms with Gasteiger partial charge in [0.2, 0.25) is 5.91 Å². The number of nitrogens with zero attached hydrogens (tertiary/aromatic N) is 1. The number of amides is 1. The van der Waals surface area contributed by atoms with E-state index in [9.17, 15) is 13.2 Å². The summed E-state index contributed by atoms with van der Waals surface area (Å²) in [5.41, 5.74) is 1.24. The van der Waals surface area contributed by atoms with E-state index in [0.717, 1.165) is 12.0 Å². The van der Waals surface area contributed by atoms with E-state index >= 15 is 0 Å². The number of benzene rings is 2. The first-order valence-electron chi connectivity index (χ1n) is 10.5. The molecule has 1 heterocycles. The number of hydrogen-bond acceptors (Lipinski definition) is 5. The number of nitrogens with one attached hydrogen (secondary N) is 1. The zero-order valence-corrected chi connectivity index (χ0v) is 19.7. The molecule has 2 aromatic carbocycles. The van der Waals surface area contributed by atoms with E-state index in [0.29, 0.717) is 22.9 Å². The van der Waals surface area contributed by atoms with Crippen LogP contribution in [0.15, 0.2) is 84.0 Å². The zero-order chi connectivity index (χ0) is 23.7. The fraction of sp³-hybridized carbons (Fsp3) is 0.200. The van der Waals surface area contributed by atoms with E-state index in [-0.39, 0.29) is 11.4 Å². The molecule has 1 atom stereocenters. The van der Waals surface area contributed by atoms with Crippen LogP contribution in [0, 0.1) is 0 Å². The molecule has 1 unspecified atom stereocenters. The number of ether oxygens (including phenoxy) is 1. The van der Waals surface area contributed by atoms with Gasteiger partial charge in [0, 0.05) is 35.6 Å². The van der Waals surface area contributed by atoms with Gasteiger partial charge in [-0.25, -0.2) is 8.42 Å². The summed E-state index contributed by atoms with van der Waals surface area (Å²) in [4.78, 5) is 16.7. The van der Waals surface area contributed by atoms with Crippen molar-refractivity contribution in [2.24, 2.45) is 0 Å². The van der Waals surface area contributed by atoms with E-state index in [1.807, 2.05) is 31.2 Å². The predicted molar refractivity (Wildman–Crippen MR) is 130 cm³/mol. The predicted octanol–water partition coefficient (Wildman–Crippen LogP) is 4.87. The van der Waals surface area contributed by atoms with Crippen LogP contribution >= 0.6 is 11.6 Å². The molecule has 33 heavy (non-hydrogen) atoms. The van der Waals surface area contributed by atoms with E-state index in [1.165, 1.54) is 36.5 Å². The van der Waals surface area contributed by atoms with Crippen molar-refractivity contribution in [2.75, 3.05) is 13.2 Å². The molecule has 0 radical (unpaired) electrons. The molecule has 3 rings (SSSR count). The Morgan fingerprint density at radius 3 is 2.58 bits per heavy atom. The second-order valence-electron chi connectivity index (χ2n) is 7.24. The molecule has 0 aliphatic rings. The van der Waals surface area contributed by atoms with Crippen molar-refractivity contribution in [3.8, 4) is 5.75 Å². The normalized spacial score (nSPS) is 12.4. The fourth-order valence-corrected chi connectivity index (χ4v) is 4.91. The van der Waals surface area contributed by atoms with Crippen LogP contribution in [0.1, 0.15) is 29.7 Å². The Morgan fingerprint density at radius 1 is 1.12 bits per heavy atom. The smallest absolute Gasteiger partial charge is 0.244 e. The number of halogens is 1. The monoisotopic (exact) mass is 484 g/mol. The summed E-state index contributed by atoms with van der Waals surface area (Å²) in [7, 11) is -3.81. The minimum atomic E-state index is -3.81. The molecule has 0 bridgehead atoms. The first kappa shape index (κ1) is 24.5. The highest BCUT2D eigenvalue weighted by molar-refractivity contribution is 7.91. The molecule has 172 valence electrons. The van der Waals surface area contributed by atoms with Crippen LogP contribution < -0.4 is 10.1 Å². The fourth-order valence-electron chi connectivity index (χ4n) is 3.14. The molecule has 0 aliphatic heterocycles. The average molecular weight is 485 g/mol. The van der Waals surface area contributed by atoms with Gasteiger partial charge < -0.3 is 10.1 Å². The highest BCUT2D eigenvalue weighted by atomic mass is 35.5. The van der Waals surface area contributed by atoms with Crippen molar-refractivity contribution in [2.45, 2.75) is 23.5 Å². The first-order valence-corrected chi connectivity index (χ1v) is 12.4. The van der Waals surface area contributed by atoms with Crippen LogP contribution in [0.5, 0.6) is 5.75 Å². The topological polar surface area (TPSA) is 85.4 Å². The van der Waals surface area contributed by atoms with E-state index < -0.39 is 21.0 Å². The summed E-state index contributed by atoms with van der Waals surface area (Å²) in [5, 5.41) is 2.13. The number of carbonyl (C=O) groups excluding carboxylic acids is 1. The van der Waals surface area contributed by atoms with E-state index in [1.54, 1.807) is 24.4 Å². The van der Waals surface area contributed by atoms with Gasteiger partial charge in [0.05, 0.1) is 11.5 Å². The van der Waals surface area contributed by atoms with Crippen LogP contribution in [0.25, 0.3) is 6.08 Å². The minimum Gasteiger partial charge on any atom is -0.493 e. The molecule has 1 N–H and O–H groups in total. The lowest BCUT2D eigenvalue weighted by molar-refractivity contribution is -0.116. The van der Waals surface area contributed by atoms with E-state index in [2.05, 4.69) is 10.3 Å². The SMILES string of the molecule is CCCOc1ccccc1/C=C/C(=O)NCC(c1cccnc1)S(=O)(=O)c1ccc(Cl)cc1. The summed E-state index contributed by atoms with van der Waals surface area (Å²) in [5.74, 6) is 0.266. The van der Waals surface area contributed by atoms with Crippen molar-refractivity contribution in [3.05, 3.63) is 95.3 Å². The lowest BCUT2D eigenvalue weighted by Gasteiger charge is -2.18. The summed E-state index contributed by atoms with van der Waals surface area (Å²) < 4.78 is 32.3. The van der Waals surface area contributed by atoms with Crippen LogP contribution in [-0.2, 0) is 14.6 Å². The van der Waals surface area contributed by atoms with Gasteiger partial charge in [-0.15, -0.1) is 0 Å². The van der Waals surface area contributed by atoms with Crippen molar-refractivity contribution < 1.29 is 17.9 Å². The molecular formula is C25H25ClN2O4S. The molecular weight excluding hydrogens is 460 g/mol. The number of para-hydroxylation sites is 1.